The maximum absolute atomic E-state index is 12.5. The van der Waals surface area contributed by atoms with Gasteiger partial charge in [-0.1, -0.05) is 18.2 Å². The lowest BCUT2D eigenvalue weighted by molar-refractivity contribution is 0.0926. The molecule has 6 heteroatoms. The van der Waals surface area contributed by atoms with Gasteiger partial charge in [-0.3, -0.25) is 14.4 Å². The van der Waals surface area contributed by atoms with Gasteiger partial charge in [0.2, 0.25) is 0 Å². The van der Waals surface area contributed by atoms with Gasteiger partial charge in [-0.25, -0.2) is 4.90 Å². The number of primary amides is 1. The van der Waals surface area contributed by atoms with E-state index in [4.69, 9.17) is 5.73 Å². The lowest BCUT2D eigenvalue weighted by atomic mass is 10.1. The first kappa shape index (κ1) is 13.5. The van der Waals surface area contributed by atoms with E-state index in [1.54, 1.807) is 36.4 Å². The highest BCUT2D eigenvalue weighted by Crippen LogP contribution is 2.35. The molecule has 0 radical (unpaired) electrons. The molecule has 0 saturated heterocycles. The van der Waals surface area contributed by atoms with Crippen LogP contribution in [0.2, 0.25) is 0 Å². The minimum Gasteiger partial charge on any atom is -0.366 e. The number of nitrogens with two attached hydrogens (primary N) is 1. The molecule has 3 amide bonds. The summed E-state index contributed by atoms with van der Waals surface area (Å²) in [6, 6.07) is 11.3. The zero-order chi connectivity index (χ0) is 15.1. The molecule has 0 spiro atoms. The predicted octanol–water partition coefficient (Wildman–Crippen LogP) is 2.35. The Morgan fingerprint density at radius 3 is 2.05 bits per heavy atom. The van der Waals surface area contributed by atoms with Crippen LogP contribution >= 0.6 is 15.9 Å². The number of imide groups is 1. The van der Waals surface area contributed by atoms with Gasteiger partial charge >= 0.3 is 0 Å². The van der Waals surface area contributed by atoms with E-state index in [1.165, 1.54) is 6.07 Å². The van der Waals surface area contributed by atoms with Crippen LogP contribution in [0.4, 0.5) is 5.69 Å². The van der Waals surface area contributed by atoms with Crippen molar-refractivity contribution in [2.24, 2.45) is 5.73 Å². The fourth-order valence-electron chi connectivity index (χ4n) is 2.33. The van der Waals surface area contributed by atoms with E-state index in [0.717, 1.165) is 4.90 Å². The zero-order valence-corrected chi connectivity index (χ0v) is 12.3. The van der Waals surface area contributed by atoms with Crippen molar-refractivity contribution >= 4 is 39.3 Å². The molecule has 1 aliphatic heterocycles. The normalized spacial score (nSPS) is 13.5. The van der Waals surface area contributed by atoms with Crippen molar-refractivity contribution in [2.75, 3.05) is 4.90 Å². The molecule has 0 unspecified atom stereocenters. The Morgan fingerprint density at radius 2 is 1.52 bits per heavy atom. The molecule has 3 rings (SSSR count). The standard InChI is InChI=1S/C15H9BrN2O3/c16-11-7-3-6-10(13(17)19)12(11)18-14(20)8-4-1-2-5-9(8)15(18)21/h1-7H,(H2,17,19). The summed E-state index contributed by atoms with van der Waals surface area (Å²) in [5.41, 5.74) is 6.25. The highest BCUT2D eigenvalue weighted by molar-refractivity contribution is 9.10. The first-order valence-electron chi connectivity index (χ1n) is 6.08. The van der Waals surface area contributed by atoms with Gasteiger partial charge in [-0.15, -0.1) is 0 Å². The van der Waals surface area contributed by atoms with Gasteiger partial charge in [0.15, 0.2) is 0 Å². The molecular formula is C15H9BrN2O3. The number of hydrogen-bond acceptors (Lipinski definition) is 3. The molecule has 104 valence electrons. The number of anilines is 1. The van der Waals surface area contributed by atoms with Crippen molar-refractivity contribution in [1.82, 2.24) is 0 Å². The van der Waals surface area contributed by atoms with Crippen LogP contribution in [0.5, 0.6) is 0 Å². The second-order valence-electron chi connectivity index (χ2n) is 4.49. The lowest BCUT2D eigenvalue weighted by Gasteiger charge is -2.18. The minimum absolute atomic E-state index is 0.110. The Hall–Kier alpha value is -2.47. The van der Waals surface area contributed by atoms with E-state index in [-0.39, 0.29) is 11.3 Å². The van der Waals surface area contributed by atoms with E-state index in [2.05, 4.69) is 15.9 Å². The smallest absolute Gasteiger partial charge is 0.266 e. The SMILES string of the molecule is NC(=O)c1cccc(Br)c1N1C(=O)c2ccccc2C1=O. The Kier molecular flexibility index (Phi) is 3.10. The number of halogens is 1. The van der Waals surface area contributed by atoms with Crippen molar-refractivity contribution < 1.29 is 14.4 Å². The average molecular weight is 345 g/mol. The van der Waals surface area contributed by atoms with Gasteiger partial charge in [-0.05, 0) is 40.2 Å². The summed E-state index contributed by atoms with van der Waals surface area (Å²) >= 11 is 3.27. The summed E-state index contributed by atoms with van der Waals surface area (Å²) in [4.78, 5) is 37.5. The van der Waals surface area contributed by atoms with Crippen LogP contribution in [0, 0.1) is 0 Å². The minimum atomic E-state index is -0.706. The summed E-state index contributed by atoms with van der Waals surface area (Å²) < 4.78 is 0.452. The van der Waals surface area contributed by atoms with Crippen molar-refractivity contribution in [2.45, 2.75) is 0 Å². The second-order valence-corrected chi connectivity index (χ2v) is 5.35. The van der Waals surface area contributed by atoms with Crippen LogP contribution in [-0.4, -0.2) is 17.7 Å². The monoisotopic (exact) mass is 344 g/mol. The number of hydrogen-bond donors (Lipinski definition) is 1. The third-order valence-corrected chi connectivity index (χ3v) is 3.91. The molecule has 5 nitrogen and oxygen atoms in total. The summed E-state index contributed by atoms with van der Waals surface area (Å²) in [6.07, 6.45) is 0. The molecule has 0 atom stereocenters. The molecule has 1 heterocycles. The Bertz CT molecular complexity index is 766. The molecule has 1 aliphatic rings. The van der Waals surface area contributed by atoms with Crippen LogP contribution in [0.3, 0.4) is 0 Å². The summed E-state index contributed by atoms with van der Waals surface area (Å²) in [5.74, 6) is -1.64. The topological polar surface area (TPSA) is 80.5 Å². The molecule has 2 N–H and O–H groups in total. The van der Waals surface area contributed by atoms with Gasteiger partial charge in [-0.2, -0.15) is 0 Å². The number of benzene rings is 2. The average Bonchev–Trinajstić information content (AvgIpc) is 2.72. The number of carbonyl (C=O) groups is 3. The first-order valence-corrected chi connectivity index (χ1v) is 6.88. The summed E-state index contributed by atoms with van der Waals surface area (Å²) in [5, 5.41) is 0. The quantitative estimate of drug-likeness (QED) is 0.849. The molecular weight excluding hydrogens is 336 g/mol. The van der Waals surface area contributed by atoms with E-state index < -0.39 is 17.7 Å². The Balaban J connectivity index is 2.23. The molecule has 0 aromatic heterocycles. The van der Waals surface area contributed by atoms with Crippen molar-refractivity contribution in [3.8, 4) is 0 Å². The number of carbonyl (C=O) groups excluding carboxylic acids is 3. The van der Waals surface area contributed by atoms with E-state index in [0.29, 0.717) is 15.6 Å². The van der Waals surface area contributed by atoms with Crippen LogP contribution in [0.1, 0.15) is 31.1 Å². The van der Waals surface area contributed by atoms with Gasteiger partial charge in [0.05, 0.1) is 22.4 Å². The van der Waals surface area contributed by atoms with Gasteiger partial charge in [0.25, 0.3) is 17.7 Å². The third-order valence-electron chi connectivity index (χ3n) is 3.27. The highest BCUT2D eigenvalue weighted by Gasteiger charge is 2.38. The predicted molar refractivity (Wildman–Crippen MR) is 80.2 cm³/mol. The molecule has 0 aliphatic carbocycles. The molecule has 21 heavy (non-hydrogen) atoms. The number of para-hydroxylation sites is 1. The van der Waals surface area contributed by atoms with Crippen LogP contribution in [-0.2, 0) is 0 Å². The Labute approximate surface area is 128 Å². The molecule has 2 aromatic carbocycles. The largest absolute Gasteiger partial charge is 0.366 e. The summed E-state index contributed by atoms with van der Waals surface area (Å²) in [6.45, 7) is 0. The molecule has 2 aromatic rings. The number of rotatable bonds is 2. The van der Waals surface area contributed by atoms with E-state index in [1.807, 2.05) is 0 Å². The third kappa shape index (κ3) is 1.95. The van der Waals surface area contributed by atoms with Crippen LogP contribution in [0.15, 0.2) is 46.9 Å². The van der Waals surface area contributed by atoms with Crippen molar-refractivity contribution in [3.63, 3.8) is 0 Å². The molecule has 0 fully saturated rings. The van der Waals surface area contributed by atoms with E-state index >= 15 is 0 Å². The van der Waals surface area contributed by atoms with E-state index in [9.17, 15) is 14.4 Å². The number of fused-ring (bicyclic) bond motifs is 1. The maximum Gasteiger partial charge on any atom is 0.266 e. The zero-order valence-electron chi connectivity index (χ0n) is 10.7. The Morgan fingerprint density at radius 1 is 0.952 bits per heavy atom. The van der Waals surface area contributed by atoms with Gasteiger partial charge in [0.1, 0.15) is 0 Å². The first-order chi connectivity index (χ1) is 10.0. The lowest BCUT2D eigenvalue weighted by Crippen LogP contribution is -2.32. The maximum atomic E-state index is 12.5. The van der Waals surface area contributed by atoms with Crippen LogP contribution < -0.4 is 10.6 Å². The number of amides is 3. The summed E-state index contributed by atoms with van der Waals surface area (Å²) in [7, 11) is 0. The highest BCUT2D eigenvalue weighted by atomic mass is 79.9. The fourth-order valence-corrected chi connectivity index (χ4v) is 2.88. The molecule has 0 bridgehead atoms. The van der Waals surface area contributed by atoms with Gasteiger partial charge in [0, 0.05) is 4.47 Å². The molecule has 0 saturated carbocycles. The van der Waals surface area contributed by atoms with Crippen molar-refractivity contribution in [3.05, 3.63) is 63.6 Å². The van der Waals surface area contributed by atoms with Crippen LogP contribution in [0.25, 0.3) is 0 Å². The number of nitrogens with zero attached hydrogens (tertiary/aromatic N) is 1. The second kappa shape index (κ2) is 4.82. The van der Waals surface area contributed by atoms with Crippen molar-refractivity contribution in [1.29, 1.82) is 0 Å². The van der Waals surface area contributed by atoms with Gasteiger partial charge < -0.3 is 5.73 Å². The fraction of sp³-hybridized carbons (Fsp3) is 0.